The fraction of sp³-hybridized carbons (Fsp3) is 0.267. The molecule has 2 aromatic heterocycles. The Kier molecular flexibility index (Phi) is 4.13. The van der Waals surface area contributed by atoms with E-state index in [4.69, 9.17) is 5.11 Å². The number of aromatic carboxylic acids is 1. The van der Waals surface area contributed by atoms with Gasteiger partial charge in [0.2, 0.25) is 0 Å². The molecule has 1 aliphatic heterocycles. The Morgan fingerprint density at radius 3 is 2.57 bits per heavy atom. The van der Waals surface area contributed by atoms with Crippen LogP contribution in [0.4, 0.5) is 11.5 Å². The van der Waals surface area contributed by atoms with Crippen molar-refractivity contribution in [3.63, 3.8) is 0 Å². The van der Waals surface area contributed by atoms with Gasteiger partial charge in [-0.05, 0) is 25.0 Å². The summed E-state index contributed by atoms with van der Waals surface area (Å²) >= 11 is 0. The summed E-state index contributed by atoms with van der Waals surface area (Å²) in [4.78, 5) is 37.2. The van der Waals surface area contributed by atoms with Crippen molar-refractivity contribution in [2.24, 2.45) is 0 Å². The van der Waals surface area contributed by atoms with Crippen LogP contribution >= 0.6 is 0 Å². The van der Waals surface area contributed by atoms with Crippen molar-refractivity contribution < 1.29 is 14.7 Å². The molecule has 0 aliphatic carbocycles. The Labute approximate surface area is 132 Å². The third kappa shape index (κ3) is 3.25. The number of carboxylic acids is 1. The predicted molar refractivity (Wildman–Crippen MR) is 82.6 cm³/mol. The molecular weight excluding hydrogens is 298 g/mol. The molecule has 1 aliphatic rings. The van der Waals surface area contributed by atoms with Crippen molar-refractivity contribution in [3.8, 4) is 0 Å². The minimum Gasteiger partial charge on any atom is -0.478 e. The van der Waals surface area contributed by atoms with Crippen LogP contribution in [0.3, 0.4) is 0 Å². The highest BCUT2D eigenvalue weighted by molar-refractivity contribution is 6.04. The molecule has 0 spiro atoms. The predicted octanol–water partition coefficient (Wildman–Crippen LogP) is 1.42. The highest BCUT2D eigenvalue weighted by Crippen LogP contribution is 2.25. The number of hydrogen-bond acceptors (Lipinski definition) is 6. The van der Waals surface area contributed by atoms with Gasteiger partial charge in [0.25, 0.3) is 5.91 Å². The summed E-state index contributed by atoms with van der Waals surface area (Å²) in [6.07, 6.45) is 6.33. The zero-order chi connectivity index (χ0) is 16.2. The SMILES string of the molecule is O=C(O)c1ccc(C(=O)Nc2cncnc2N2CCCC2)nc1. The topological polar surface area (TPSA) is 108 Å². The third-order valence-corrected chi connectivity index (χ3v) is 3.59. The normalized spacial score (nSPS) is 13.8. The molecule has 23 heavy (non-hydrogen) atoms. The molecule has 8 nitrogen and oxygen atoms in total. The monoisotopic (exact) mass is 313 g/mol. The second-order valence-corrected chi connectivity index (χ2v) is 5.15. The fourth-order valence-electron chi connectivity index (χ4n) is 2.43. The molecule has 0 bridgehead atoms. The maximum atomic E-state index is 12.3. The lowest BCUT2D eigenvalue weighted by atomic mass is 10.2. The number of carbonyl (C=O) groups excluding carboxylic acids is 1. The minimum atomic E-state index is -1.09. The van der Waals surface area contributed by atoms with Crippen LogP contribution in [0.25, 0.3) is 0 Å². The highest BCUT2D eigenvalue weighted by atomic mass is 16.4. The van der Waals surface area contributed by atoms with Gasteiger partial charge >= 0.3 is 5.97 Å². The van der Waals surface area contributed by atoms with Gasteiger partial charge < -0.3 is 15.3 Å². The van der Waals surface area contributed by atoms with Gasteiger partial charge in [-0.2, -0.15) is 0 Å². The van der Waals surface area contributed by atoms with Crippen molar-refractivity contribution in [2.75, 3.05) is 23.3 Å². The van der Waals surface area contributed by atoms with Crippen LogP contribution in [0.5, 0.6) is 0 Å². The molecule has 0 aromatic carbocycles. The van der Waals surface area contributed by atoms with Crippen LogP contribution in [-0.2, 0) is 0 Å². The summed E-state index contributed by atoms with van der Waals surface area (Å²) in [5.74, 6) is -0.831. The highest BCUT2D eigenvalue weighted by Gasteiger charge is 2.19. The van der Waals surface area contributed by atoms with Crippen molar-refractivity contribution in [2.45, 2.75) is 12.8 Å². The van der Waals surface area contributed by atoms with Crippen LogP contribution in [0.2, 0.25) is 0 Å². The first-order chi connectivity index (χ1) is 11.1. The first kappa shape index (κ1) is 14.9. The number of nitrogens with one attached hydrogen (secondary N) is 1. The standard InChI is InChI=1S/C15H15N5O3/c21-14(11-4-3-10(7-17-11)15(22)23)19-12-8-16-9-18-13(12)20-5-1-2-6-20/h3-4,7-9H,1-2,5-6H2,(H,19,21)(H,22,23). The Hall–Kier alpha value is -3.03. The number of pyridine rings is 1. The molecule has 2 aromatic rings. The summed E-state index contributed by atoms with van der Waals surface area (Å²) in [6, 6.07) is 2.71. The quantitative estimate of drug-likeness (QED) is 0.878. The Morgan fingerprint density at radius 2 is 1.91 bits per heavy atom. The first-order valence-electron chi connectivity index (χ1n) is 7.21. The third-order valence-electron chi connectivity index (χ3n) is 3.59. The number of carboxylic acid groups (broad SMARTS) is 1. The van der Waals surface area contributed by atoms with Crippen LogP contribution < -0.4 is 10.2 Å². The molecule has 0 unspecified atom stereocenters. The van der Waals surface area contributed by atoms with E-state index >= 15 is 0 Å². The van der Waals surface area contributed by atoms with Gasteiger partial charge in [-0.1, -0.05) is 0 Å². The number of carbonyl (C=O) groups is 2. The summed E-state index contributed by atoms with van der Waals surface area (Å²) < 4.78 is 0. The maximum absolute atomic E-state index is 12.3. The first-order valence-corrected chi connectivity index (χ1v) is 7.21. The van der Waals surface area contributed by atoms with Crippen molar-refractivity contribution >= 4 is 23.4 Å². The Bertz CT molecular complexity index is 726. The molecular formula is C15H15N5O3. The van der Waals surface area contributed by atoms with Crippen molar-refractivity contribution in [3.05, 3.63) is 42.1 Å². The molecule has 1 saturated heterocycles. The van der Waals surface area contributed by atoms with Crippen LogP contribution in [0, 0.1) is 0 Å². The Balaban J connectivity index is 1.78. The molecule has 1 amide bonds. The molecule has 8 heteroatoms. The van der Waals surface area contributed by atoms with Gasteiger partial charge in [0.05, 0.1) is 11.8 Å². The van der Waals surface area contributed by atoms with Crippen LogP contribution in [0.15, 0.2) is 30.9 Å². The van der Waals surface area contributed by atoms with Gasteiger partial charge in [0.1, 0.15) is 17.7 Å². The molecule has 1 fully saturated rings. The summed E-state index contributed by atoms with van der Waals surface area (Å²) in [5.41, 5.74) is 0.678. The number of aromatic nitrogens is 3. The molecule has 0 atom stereocenters. The van der Waals surface area contributed by atoms with E-state index in [1.807, 2.05) is 0 Å². The molecule has 2 N–H and O–H groups in total. The lowest BCUT2D eigenvalue weighted by Crippen LogP contribution is -2.23. The molecule has 3 rings (SSSR count). The van der Waals surface area contributed by atoms with E-state index in [1.54, 1.807) is 6.20 Å². The van der Waals surface area contributed by atoms with E-state index in [-0.39, 0.29) is 11.3 Å². The molecule has 3 heterocycles. The van der Waals surface area contributed by atoms with Gasteiger partial charge in [-0.3, -0.25) is 9.78 Å². The summed E-state index contributed by atoms with van der Waals surface area (Å²) in [7, 11) is 0. The maximum Gasteiger partial charge on any atom is 0.337 e. The number of rotatable bonds is 4. The van der Waals surface area contributed by atoms with Gasteiger partial charge in [-0.15, -0.1) is 0 Å². The Morgan fingerprint density at radius 1 is 1.13 bits per heavy atom. The second kappa shape index (κ2) is 6.39. The zero-order valence-electron chi connectivity index (χ0n) is 12.3. The van der Waals surface area contributed by atoms with E-state index in [1.165, 1.54) is 18.5 Å². The van der Waals surface area contributed by atoms with Gasteiger partial charge in [0.15, 0.2) is 5.82 Å². The molecule has 0 saturated carbocycles. The van der Waals surface area contributed by atoms with Gasteiger partial charge in [0, 0.05) is 19.3 Å². The average Bonchev–Trinajstić information content (AvgIpc) is 3.09. The number of hydrogen-bond donors (Lipinski definition) is 2. The summed E-state index contributed by atoms with van der Waals surface area (Å²) in [6.45, 7) is 1.79. The molecule has 118 valence electrons. The van der Waals surface area contributed by atoms with Crippen molar-refractivity contribution in [1.29, 1.82) is 0 Å². The lowest BCUT2D eigenvalue weighted by molar-refractivity contribution is 0.0696. The number of anilines is 2. The van der Waals surface area contributed by atoms with Crippen LogP contribution in [0.1, 0.15) is 33.7 Å². The lowest BCUT2D eigenvalue weighted by Gasteiger charge is -2.19. The smallest absolute Gasteiger partial charge is 0.337 e. The second-order valence-electron chi connectivity index (χ2n) is 5.15. The van der Waals surface area contributed by atoms with E-state index in [0.29, 0.717) is 11.5 Å². The fourth-order valence-corrected chi connectivity index (χ4v) is 2.43. The van der Waals surface area contributed by atoms with E-state index in [9.17, 15) is 9.59 Å². The van der Waals surface area contributed by atoms with Crippen molar-refractivity contribution in [1.82, 2.24) is 15.0 Å². The van der Waals surface area contributed by atoms with E-state index < -0.39 is 11.9 Å². The molecule has 0 radical (unpaired) electrons. The number of nitrogens with zero attached hydrogens (tertiary/aromatic N) is 4. The van der Waals surface area contributed by atoms with E-state index in [0.717, 1.165) is 32.1 Å². The van der Waals surface area contributed by atoms with Gasteiger partial charge in [-0.25, -0.2) is 14.8 Å². The number of amides is 1. The largest absolute Gasteiger partial charge is 0.478 e. The average molecular weight is 313 g/mol. The zero-order valence-corrected chi connectivity index (χ0v) is 12.3. The van der Waals surface area contributed by atoms with E-state index in [2.05, 4.69) is 25.2 Å². The minimum absolute atomic E-state index is 0.0300. The van der Waals surface area contributed by atoms with Crippen LogP contribution in [-0.4, -0.2) is 45.0 Å². The summed E-state index contributed by atoms with van der Waals surface area (Å²) in [5, 5.41) is 11.6.